The Morgan fingerprint density at radius 1 is 1.36 bits per heavy atom. The van der Waals surface area contributed by atoms with E-state index in [9.17, 15) is 14.7 Å². The predicted octanol–water partition coefficient (Wildman–Crippen LogP) is 1.58. The lowest BCUT2D eigenvalue weighted by Gasteiger charge is -2.20. The van der Waals surface area contributed by atoms with Gasteiger partial charge in [0, 0.05) is 12.6 Å². The molecule has 1 aliphatic heterocycles. The highest BCUT2D eigenvalue weighted by Gasteiger charge is 2.33. The van der Waals surface area contributed by atoms with Crippen molar-refractivity contribution in [3.63, 3.8) is 0 Å². The Morgan fingerprint density at radius 3 is 2.82 bits per heavy atom. The lowest BCUT2D eigenvalue weighted by molar-refractivity contribution is -0.149. The number of amides is 1. The summed E-state index contributed by atoms with van der Waals surface area (Å²) in [6.07, 6.45) is 4.44. The summed E-state index contributed by atoms with van der Waals surface area (Å²) >= 11 is 0. The molecule has 1 heterocycles. The zero-order valence-corrected chi connectivity index (χ0v) is 12.6. The lowest BCUT2D eigenvalue weighted by atomic mass is 10.2. The van der Waals surface area contributed by atoms with Crippen LogP contribution < -0.4 is 4.74 Å². The number of hydrogen-bond donors (Lipinski definition) is 1. The zero-order chi connectivity index (χ0) is 16.1. The van der Waals surface area contributed by atoms with Crippen LogP contribution in [0.15, 0.2) is 24.3 Å². The molecule has 1 saturated heterocycles. The van der Waals surface area contributed by atoms with Crippen molar-refractivity contribution in [1.29, 1.82) is 0 Å². The van der Waals surface area contributed by atoms with Gasteiger partial charge in [-0.05, 0) is 36.6 Å². The Kier molecular flexibility index (Phi) is 5.04. The smallest absolute Gasteiger partial charge is 0.328 e. The van der Waals surface area contributed by atoms with Crippen molar-refractivity contribution >= 4 is 18.0 Å². The van der Waals surface area contributed by atoms with E-state index in [2.05, 4.69) is 0 Å². The highest BCUT2D eigenvalue weighted by atomic mass is 16.5. The van der Waals surface area contributed by atoms with Gasteiger partial charge in [0.1, 0.15) is 6.04 Å². The molecular formula is C16H19NO5. The fraction of sp³-hybridized carbons (Fsp3) is 0.375. The average Bonchev–Trinajstić information content (AvgIpc) is 3.02. The number of ether oxygens (including phenoxy) is 2. The molecule has 0 aromatic heterocycles. The second kappa shape index (κ2) is 6.98. The molecule has 0 saturated carbocycles. The third-order valence-corrected chi connectivity index (χ3v) is 3.63. The Morgan fingerprint density at radius 2 is 2.14 bits per heavy atom. The van der Waals surface area contributed by atoms with Crippen LogP contribution in [-0.2, 0) is 14.3 Å². The third-order valence-electron chi connectivity index (χ3n) is 3.63. The number of phenolic OH excluding ortho intramolecular Hbond substituents is 1. The number of esters is 1. The molecule has 22 heavy (non-hydrogen) atoms. The quantitative estimate of drug-likeness (QED) is 0.675. The standard InChI is InChI=1S/C16H19NO5/c1-21-14-10-11(5-7-13(14)18)6-8-15(19)17-9-3-4-12(17)16(20)22-2/h5-8,10,12,18H,3-4,9H2,1-2H3/b8-6+. The van der Waals surface area contributed by atoms with E-state index in [0.717, 1.165) is 12.0 Å². The Hall–Kier alpha value is -2.50. The first-order valence-electron chi connectivity index (χ1n) is 7.00. The van der Waals surface area contributed by atoms with E-state index in [1.165, 1.54) is 31.3 Å². The molecule has 1 aromatic rings. The Balaban J connectivity index is 2.09. The van der Waals surface area contributed by atoms with Crippen molar-refractivity contribution in [1.82, 2.24) is 4.90 Å². The lowest BCUT2D eigenvalue weighted by Crippen LogP contribution is -2.40. The number of rotatable bonds is 4. The normalized spacial score (nSPS) is 17.7. The van der Waals surface area contributed by atoms with Crippen molar-refractivity contribution in [2.24, 2.45) is 0 Å². The number of nitrogens with zero attached hydrogens (tertiary/aromatic N) is 1. The molecule has 1 N–H and O–H groups in total. The van der Waals surface area contributed by atoms with Gasteiger partial charge in [0.25, 0.3) is 0 Å². The molecule has 1 amide bonds. The molecule has 1 fully saturated rings. The summed E-state index contributed by atoms with van der Waals surface area (Å²) < 4.78 is 9.73. The van der Waals surface area contributed by atoms with Crippen LogP contribution in [0.25, 0.3) is 6.08 Å². The molecule has 0 bridgehead atoms. The highest BCUT2D eigenvalue weighted by Crippen LogP contribution is 2.27. The van der Waals surface area contributed by atoms with E-state index in [1.807, 2.05) is 0 Å². The molecule has 1 atom stereocenters. The molecule has 0 radical (unpaired) electrons. The molecule has 0 aliphatic carbocycles. The van der Waals surface area contributed by atoms with Crippen molar-refractivity contribution < 1.29 is 24.2 Å². The first-order valence-corrected chi connectivity index (χ1v) is 7.00. The summed E-state index contributed by atoms with van der Waals surface area (Å²) in [5.41, 5.74) is 0.719. The van der Waals surface area contributed by atoms with Gasteiger partial charge in [0.15, 0.2) is 11.5 Å². The predicted molar refractivity (Wildman–Crippen MR) is 80.4 cm³/mol. The van der Waals surface area contributed by atoms with Crippen molar-refractivity contribution in [2.75, 3.05) is 20.8 Å². The second-order valence-electron chi connectivity index (χ2n) is 4.98. The van der Waals surface area contributed by atoms with Gasteiger partial charge in [0.05, 0.1) is 14.2 Å². The highest BCUT2D eigenvalue weighted by molar-refractivity contribution is 5.95. The zero-order valence-electron chi connectivity index (χ0n) is 12.6. The number of carbonyl (C=O) groups excluding carboxylic acids is 2. The van der Waals surface area contributed by atoms with Crippen LogP contribution in [0.1, 0.15) is 18.4 Å². The summed E-state index contributed by atoms with van der Waals surface area (Å²) in [5, 5.41) is 9.53. The Bertz CT molecular complexity index is 596. The number of methoxy groups -OCH3 is 2. The monoisotopic (exact) mass is 305 g/mol. The molecule has 6 heteroatoms. The van der Waals surface area contributed by atoms with E-state index in [4.69, 9.17) is 9.47 Å². The summed E-state index contributed by atoms with van der Waals surface area (Å²) in [6.45, 7) is 0.543. The third kappa shape index (κ3) is 3.39. The number of phenols is 1. The summed E-state index contributed by atoms with van der Waals surface area (Å²) in [6, 6.07) is 4.29. The minimum Gasteiger partial charge on any atom is -0.504 e. The van der Waals surface area contributed by atoms with Gasteiger partial charge in [-0.15, -0.1) is 0 Å². The minimum absolute atomic E-state index is 0.0382. The van der Waals surface area contributed by atoms with E-state index >= 15 is 0 Å². The summed E-state index contributed by atoms with van der Waals surface area (Å²) in [5.74, 6) is -0.245. The average molecular weight is 305 g/mol. The topological polar surface area (TPSA) is 76.1 Å². The molecule has 0 spiro atoms. The molecule has 6 nitrogen and oxygen atoms in total. The molecule has 1 aromatic carbocycles. The van der Waals surface area contributed by atoms with Gasteiger partial charge in [-0.1, -0.05) is 6.07 Å². The van der Waals surface area contributed by atoms with Crippen molar-refractivity contribution in [3.05, 3.63) is 29.8 Å². The SMILES string of the molecule is COC(=O)C1CCCN1C(=O)/C=C/c1ccc(O)c(OC)c1. The first kappa shape index (κ1) is 15.9. The van der Waals surface area contributed by atoms with Gasteiger partial charge < -0.3 is 19.5 Å². The van der Waals surface area contributed by atoms with Gasteiger partial charge in [-0.3, -0.25) is 4.79 Å². The van der Waals surface area contributed by atoms with Crippen LogP contribution in [0.3, 0.4) is 0 Å². The number of hydrogen-bond acceptors (Lipinski definition) is 5. The minimum atomic E-state index is -0.503. The maximum absolute atomic E-state index is 12.2. The van der Waals surface area contributed by atoms with Gasteiger partial charge in [-0.25, -0.2) is 4.79 Å². The van der Waals surface area contributed by atoms with Gasteiger partial charge in [0.2, 0.25) is 5.91 Å². The van der Waals surface area contributed by atoms with Gasteiger partial charge in [-0.2, -0.15) is 0 Å². The fourth-order valence-electron chi connectivity index (χ4n) is 2.47. The number of likely N-dealkylation sites (tertiary alicyclic amines) is 1. The maximum Gasteiger partial charge on any atom is 0.328 e. The molecule has 1 unspecified atom stereocenters. The molecular weight excluding hydrogens is 286 g/mol. The second-order valence-corrected chi connectivity index (χ2v) is 4.98. The number of benzene rings is 1. The maximum atomic E-state index is 12.2. The molecule has 2 rings (SSSR count). The van der Waals surface area contributed by atoms with Crippen LogP contribution in [0.2, 0.25) is 0 Å². The fourth-order valence-corrected chi connectivity index (χ4v) is 2.47. The van der Waals surface area contributed by atoms with Crippen LogP contribution in [0, 0.1) is 0 Å². The summed E-state index contributed by atoms with van der Waals surface area (Å²) in [7, 11) is 2.78. The van der Waals surface area contributed by atoms with Crippen LogP contribution >= 0.6 is 0 Å². The van der Waals surface area contributed by atoms with Crippen LogP contribution in [-0.4, -0.2) is 48.7 Å². The molecule has 118 valence electrons. The largest absolute Gasteiger partial charge is 0.504 e. The van der Waals surface area contributed by atoms with Crippen LogP contribution in [0.4, 0.5) is 0 Å². The Labute approximate surface area is 128 Å². The number of carbonyl (C=O) groups is 2. The van der Waals surface area contributed by atoms with Gasteiger partial charge >= 0.3 is 5.97 Å². The van der Waals surface area contributed by atoms with Crippen molar-refractivity contribution in [3.8, 4) is 11.5 Å². The van der Waals surface area contributed by atoms with E-state index in [1.54, 1.807) is 18.2 Å². The first-order chi connectivity index (χ1) is 10.6. The van der Waals surface area contributed by atoms with E-state index < -0.39 is 6.04 Å². The number of aromatic hydroxyl groups is 1. The van der Waals surface area contributed by atoms with Crippen LogP contribution in [0.5, 0.6) is 11.5 Å². The molecule has 1 aliphatic rings. The summed E-state index contributed by atoms with van der Waals surface area (Å²) in [4.78, 5) is 25.4. The van der Waals surface area contributed by atoms with Crippen molar-refractivity contribution in [2.45, 2.75) is 18.9 Å². The van der Waals surface area contributed by atoms with E-state index in [-0.39, 0.29) is 17.6 Å². The van der Waals surface area contributed by atoms with E-state index in [0.29, 0.717) is 18.7 Å².